The summed E-state index contributed by atoms with van der Waals surface area (Å²) in [5, 5.41) is 8.95. The zero-order valence-corrected chi connectivity index (χ0v) is 16.5. The Morgan fingerprint density at radius 3 is 1.31 bits per heavy atom. The van der Waals surface area contributed by atoms with Crippen LogP contribution in [0, 0.1) is 5.92 Å². The van der Waals surface area contributed by atoms with Crippen LogP contribution in [0.5, 0.6) is 0 Å². The molecule has 0 aromatic rings. The van der Waals surface area contributed by atoms with Crippen LogP contribution < -0.4 is 0 Å². The van der Waals surface area contributed by atoms with Crippen molar-refractivity contribution in [3.8, 4) is 0 Å². The number of allylic oxidation sites excluding steroid dienone is 12. The summed E-state index contributed by atoms with van der Waals surface area (Å²) in [6, 6.07) is 0. The number of hydrogen-bond donors (Lipinski definition) is 1. The van der Waals surface area contributed by atoms with E-state index in [4.69, 9.17) is 5.11 Å². The highest BCUT2D eigenvalue weighted by Gasteiger charge is 2.11. The van der Waals surface area contributed by atoms with Crippen LogP contribution in [0.25, 0.3) is 0 Å². The maximum atomic E-state index is 10.9. The molecule has 1 atom stereocenters. The highest BCUT2D eigenvalue weighted by Crippen LogP contribution is 2.09. The summed E-state index contributed by atoms with van der Waals surface area (Å²) in [5.74, 6) is -0.952. The second kappa shape index (κ2) is 19.2. The first kappa shape index (κ1) is 23.9. The van der Waals surface area contributed by atoms with Gasteiger partial charge in [-0.05, 0) is 51.4 Å². The average molecular weight is 357 g/mol. The fourth-order valence-electron chi connectivity index (χ4n) is 2.22. The second-order valence-corrected chi connectivity index (χ2v) is 6.09. The maximum absolute atomic E-state index is 10.9. The van der Waals surface area contributed by atoms with Crippen molar-refractivity contribution in [1.82, 2.24) is 0 Å². The van der Waals surface area contributed by atoms with Crippen molar-refractivity contribution in [2.75, 3.05) is 0 Å². The summed E-state index contributed by atoms with van der Waals surface area (Å²) in [6.45, 7) is 4.06. The highest BCUT2D eigenvalue weighted by molar-refractivity contribution is 5.70. The summed E-state index contributed by atoms with van der Waals surface area (Å²) in [5.41, 5.74) is 0. The third-order valence-electron chi connectivity index (χ3n) is 3.86. The van der Waals surface area contributed by atoms with Gasteiger partial charge in [0.2, 0.25) is 0 Å². The Balaban J connectivity index is 3.65. The van der Waals surface area contributed by atoms with Gasteiger partial charge < -0.3 is 5.11 Å². The first-order chi connectivity index (χ1) is 12.7. The Labute approximate surface area is 160 Å². The molecule has 0 saturated carbocycles. The molecule has 0 aliphatic heterocycles. The lowest BCUT2D eigenvalue weighted by Gasteiger charge is -2.04. The van der Waals surface area contributed by atoms with Crippen molar-refractivity contribution in [1.29, 1.82) is 0 Å². The lowest BCUT2D eigenvalue weighted by Crippen LogP contribution is -2.11. The summed E-state index contributed by atoms with van der Waals surface area (Å²) in [6.07, 6.45) is 33.1. The molecular weight excluding hydrogens is 320 g/mol. The molecular formula is C24H36O2. The molecule has 0 spiro atoms. The number of aliphatic carboxylic acids is 1. The van der Waals surface area contributed by atoms with Crippen LogP contribution >= 0.6 is 0 Å². The van der Waals surface area contributed by atoms with E-state index >= 15 is 0 Å². The molecule has 0 bridgehead atoms. The summed E-state index contributed by atoms with van der Waals surface area (Å²) in [7, 11) is 0. The first-order valence-corrected chi connectivity index (χ1v) is 9.85. The van der Waals surface area contributed by atoms with Gasteiger partial charge in [0.05, 0.1) is 5.92 Å². The molecule has 2 heteroatoms. The number of carbonyl (C=O) groups is 1. The molecule has 0 aliphatic rings. The van der Waals surface area contributed by atoms with Crippen LogP contribution in [-0.2, 0) is 4.79 Å². The monoisotopic (exact) mass is 356 g/mol. The molecule has 0 aromatic heterocycles. The zero-order valence-electron chi connectivity index (χ0n) is 16.5. The van der Waals surface area contributed by atoms with E-state index < -0.39 is 5.97 Å². The SMILES string of the molecule is CC/C=C\C/C=C\C/C=C\C/C=C\C/C=C\C/C=C\CC(CC)C(=O)O. The van der Waals surface area contributed by atoms with Gasteiger partial charge in [-0.3, -0.25) is 4.79 Å². The van der Waals surface area contributed by atoms with Crippen molar-refractivity contribution >= 4 is 5.97 Å². The number of rotatable bonds is 15. The fourth-order valence-corrected chi connectivity index (χ4v) is 2.22. The molecule has 0 aliphatic carbocycles. The highest BCUT2D eigenvalue weighted by atomic mass is 16.4. The molecule has 1 unspecified atom stereocenters. The minimum Gasteiger partial charge on any atom is -0.481 e. The van der Waals surface area contributed by atoms with Gasteiger partial charge in [-0.25, -0.2) is 0 Å². The topological polar surface area (TPSA) is 37.3 Å². The van der Waals surface area contributed by atoms with Crippen LogP contribution in [0.15, 0.2) is 72.9 Å². The van der Waals surface area contributed by atoms with E-state index in [0.717, 1.165) is 38.5 Å². The van der Waals surface area contributed by atoms with Gasteiger partial charge in [-0.15, -0.1) is 0 Å². The third kappa shape index (κ3) is 16.8. The molecule has 144 valence electrons. The van der Waals surface area contributed by atoms with Crippen molar-refractivity contribution in [2.24, 2.45) is 5.92 Å². The van der Waals surface area contributed by atoms with Crippen LogP contribution in [0.4, 0.5) is 0 Å². The molecule has 0 heterocycles. The Hall–Kier alpha value is -2.09. The Bertz CT molecular complexity index is 504. The van der Waals surface area contributed by atoms with Gasteiger partial charge in [0.15, 0.2) is 0 Å². The number of carboxylic acid groups (broad SMARTS) is 1. The standard InChI is InChI=1S/C24H36O2/c1-3-5-6-7-8-9-10-11-12-13-14-15-16-17-18-19-20-21-22-23(4-2)24(25)26/h5-6,8-9,11-12,14-15,17-18,20-21,23H,3-4,7,10,13,16,19,22H2,1-2H3,(H,25,26)/b6-5-,9-8-,12-11-,15-14-,18-17-,21-20-. The number of hydrogen-bond acceptors (Lipinski definition) is 1. The van der Waals surface area contributed by atoms with Crippen molar-refractivity contribution in [3.05, 3.63) is 72.9 Å². The van der Waals surface area contributed by atoms with Crippen molar-refractivity contribution < 1.29 is 9.90 Å². The summed E-state index contributed by atoms with van der Waals surface area (Å²) >= 11 is 0. The van der Waals surface area contributed by atoms with E-state index in [2.05, 4.69) is 67.7 Å². The van der Waals surface area contributed by atoms with Crippen LogP contribution in [0.2, 0.25) is 0 Å². The lowest BCUT2D eigenvalue weighted by molar-refractivity contribution is -0.141. The quantitative estimate of drug-likeness (QED) is 0.315. The molecule has 0 fully saturated rings. The largest absolute Gasteiger partial charge is 0.481 e. The fraction of sp³-hybridized carbons (Fsp3) is 0.458. The van der Waals surface area contributed by atoms with Crippen LogP contribution in [0.3, 0.4) is 0 Å². The van der Waals surface area contributed by atoms with Crippen LogP contribution in [0.1, 0.15) is 65.2 Å². The van der Waals surface area contributed by atoms with E-state index in [-0.39, 0.29) is 5.92 Å². The van der Waals surface area contributed by atoms with E-state index in [1.165, 1.54) is 0 Å². The van der Waals surface area contributed by atoms with Gasteiger partial charge >= 0.3 is 5.97 Å². The molecule has 1 N–H and O–H groups in total. The molecule has 0 amide bonds. The minimum atomic E-state index is -0.702. The Morgan fingerprint density at radius 1 is 0.654 bits per heavy atom. The third-order valence-corrected chi connectivity index (χ3v) is 3.86. The van der Waals surface area contributed by atoms with Gasteiger partial charge in [-0.2, -0.15) is 0 Å². The maximum Gasteiger partial charge on any atom is 0.306 e. The molecule has 0 saturated heterocycles. The molecule has 2 nitrogen and oxygen atoms in total. The van der Waals surface area contributed by atoms with E-state index in [9.17, 15) is 4.79 Å². The average Bonchev–Trinajstić information content (AvgIpc) is 2.63. The predicted octanol–water partition coefficient (Wildman–Crippen LogP) is 7.19. The number of carboxylic acids is 1. The van der Waals surface area contributed by atoms with E-state index in [1.807, 2.05) is 19.1 Å². The van der Waals surface area contributed by atoms with Gasteiger partial charge in [0.1, 0.15) is 0 Å². The predicted molar refractivity (Wildman–Crippen MR) is 114 cm³/mol. The lowest BCUT2D eigenvalue weighted by atomic mass is 10.0. The van der Waals surface area contributed by atoms with Gasteiger partial charge in [0.25, 0.3) is 0 Å². The molecule has 26 heavy (non-hydrogen) atoms. The molecule has 0 aromatic carbocycles. The minimum absolute atomic E-state index is 0.250. The van der Waals surface area contributed by atoms with Crippen LogP contribution in [-0.4, -0.2) is 11.1 Å². The van der Waals surface area contributed by atoms with Crippen molar-refractivity contribution in [3.63, 3.8) is 0 Å². The smallest absolute Gasteiger partial charge is 0.306 e. The summed E-state index contributed by atoms with van der Waals surface area (Å²) < 4.78 is 0. The normalized spacial score (nSPS) is 14.2. The molecule has 0 rings (SSSR count). The van der Waals surface area contributed by atoms with E-state index in [0.29, 0.717) is 12.8 Å². The van der Waals surface area contributed by atoms with Gasteiger partial charge in [0, 0.05) is 0 Å². The summed E-state index contributed by atoms with van der Waals surface area (Å²) in [4.78, 5) is 10.9. The van der Waals surface area contributed by atoms with Crippen molar-refractivity contribution in [2.45, 2.75) is 65.2 Å². The first-order valence-electron chi connectivity index (χ1n) is 9.85. The second-order valence-electron chi connectivity index (χ2n) is 6.09. The zero-order chi connectivity index (χ0) is 19.3. The molecule has 0 radical (unpaired) electrons. The Morgan fingerprint density at radius 2 is 1.00 bits per heavy atom. The van der Waals surface area contributed by atoms with Gasteiger partial charge in [-0.1, -0.05) is 86.8 Å². The Kier molecular flexibility index (Phi) is 17.7. The van der Waals surface area contributed by atoms with E-state index in [1.54, 1.807) is 0 Å².